The van der Waals surface area contributed by atoms with E-state index in [1.165, 1.54) is 6.07 Å². The first-order chi connectivity index (χ1) is 8.38. The largest absolute Gasteiger partial charge is 0.433 e. The van der Waals surface area contributed by atoms with E-state index in [0.29, 0.717) is 5.01 Å². The molecule has 0 saturated heterocycles. The van der Waals surface area contributed by atoms with Crippen LogP contribution >= 0.6 is 23.9 Å². The summed E-state index contributed by atoms with van der Waals surface area (Å²) in [5.41, 5.74) is 4.94. The second-order valence-corrected chi connectivity index (χ2v) is 4.46. The van der Waals surface area contributed by atoms with Crippen molar-refractivity contribution >= 4 is 23.9 Å². The van der Waals surface area contributed by atoms with Crippen LogP contribution in [0.2, 0.25) is 0 Å². The van der Waals surface area contributed by atoms with Gasteiger partial charge in [0.2, 0.25) is 0 Å². The first kappa shape index (κ1) is 15.8. The quantitative estimate of drug-likeness (QED) is 0.926. The Morgan fingerprint density at radius 2 is 2.05 bits per heavy atom. The summed E-state index contributed by atoms with van der Waals surface area (Å²) >= 11 is 1.08. The lowest BCUT2D eigenvalue weighted by molar-refractivity contribution is -0.141. The Bertz CT molecular complexity index is 556. The molecular formula is C10H10ClF3N4S. The summed E-state index contributed by atoms with van der Waals surface area (Å²) in [5, 5.41) is 0.579. The van der Waals surface area contributed by atoms with Gasteiger partial charge in [0.15, 0.2) is 5.82 Å². The number of hydrogen-bond donors (Lipinski definition) is 1. The molecule has 0 saturated carbocycles. The highest BCUT2D eigenvalue weighted by Gasteiger charge is 2.32. The minimum Gasteiger partial charge on any atom is -0.322 e. The van der Waals surface area contributed by atoms with E-state index in [1.807, 2.05) is 0 Å². The van der Waals surface area contributed by atoms with Crippen LogP contribution in [-0.2, 0) is 6.18 Å². The summed E-state index contributed by atoms with van der Waals surface area (Å²) in [7, 11) is 0. The van der Waals surface area contributed by atoms with Gasteiger partial charge in [0.25, 0.3) is 0 Å². The Hall–Kier alpha value is -1.25. The van der Waals surface area contributed by atoms with E-state index >= 15 is 0 Å². The lowest BCUT2D eigenvalue weighted by Gasteiger charge is -2.05. The third kappa shape index (κ3) is 3.62. The zero-order chi connectivity index (χ0) is 13.3. The number of halogens is 4. The van der Waals surface area contributed by atoms with Crippen LogP contribution in [0.15, 0.2) is 18.3 Å². The minimum atomic E-state index is -4.48. The molecule has 2 N–H and O–H groups in total. The van der Waals surface area contributed by atoms with Crippen molar-refractivity contribution < 1.29 is 13.2 Å². The van der Waals surface area contributed by atoms with Crippen molar-refractivity contribution in [3.05, 3.63) is 29.0 Å². The molecule has 1 atom stereocenters. The fourth-order valence-corrected chi connectivity index (χ4v) is 1.88. The van der Waals surface area contributed by atoms with Crippen molar-refractivity contribution in [2.24, 2.45) is 5.73 Å². The fraction of sp³-hybridized carbons (Fsp3) is 0.300. The molecule has 0 bridgehead atoms. The van der Waals surface area contributed by atoms with E-state index in [-0.39, 0.29) is 29.8 Å². The van der Waals surface area contributed by atoms with Gasteiger partial charge in [-0.3, -0.25) is 4.98 Å². The number of rotatable bonds is 2. The van der Waals surface area contributed by atoms with Gasteiger partial charge in [-0.2, -0.15) is 17.5 Å². The normalized spacial score (nSPS) is 12.9. The first-order valence-electron chi connectivity index (χ1n) is 5.00. The molecule has 2 aromatic rings. The Morgan fingerprint density at radius 3 is 2.58 bits per heavy atom. The van der Waals surface area contributed by atoms with E-state index in [4.69, 9.17) is 5.73 Å². The van der Waals surface area contributed by atoms with Crippen LogP contribution in [0, 0.1) is 0 Å². The van der Waals surface area contributed by atoms with Crippen molar-refractivity contribution in [2.45, 2.75) is 19.1 Å². The van der Waals surface area contributed by atoms with Crippen molar-refractivity contribution in [1.82, 2.24) is 14.3 Å². The SMILES string of the molecule is C[C@@H](N)c1nc(-c2ccnc(C(F)(F)F)c2)ns1.Cl. The zero-order valence-electron chi connectivity index (χ0n) is 9.68. The molecule has 2 rings (SSSR count). The Labute approximate surface area is 117 Å². The monoisotopic (exact) mass is 310 g/mol. The number of alkyl halides is 3. The molecule has 0 spiro atoms. The van der Waals surface area contributed by atoms with Gasteiger partial charge in [-0.1, -0.05) is 0 Å². The second-order valence-electron chi connectivity index (χ2n) is 3.67. The van der Waals surface area contributed by atoms with Crippen molar-refractivity contribution in [2.75, 3.05) is 0 Å². The number of nitrogens with zero attached hydrogens (tertiary/aromatic N) is 3. The van der Waals surface area contributed by atoms with Gasteiger partial charge < -0.3 is 5.73 Å². The van der Waals surface area contributed by atoms with Gasteiger partial charge in [-0.25, -0.2) is 4.98 Å². The van der Waals surface area contributed by atoms with E-state index in [9.17, 15) is 13.2 Å². The van der Waals surface area contributed by atoms with Crippen LogP contribution in [0.25, 0.3) is 11.4 Å². The van der Waals surface area contributed by atoms with Crippen LogP contribution in [0.5, 0.6) is 0 Å². The summed E-state index contributed by atoms with van der Waals surface area (Å²) in [6.45, 7) is 1.73. The number of hydrogen-bond acceptors (Lipinski definition) is 5. The molecule has 19 heavy (non-hydrogen) atoms. The Morgan fingerprint density at radius 1 is 1.37 bits per heavy atom. The van der Waals surface area contributed by atoms with E-state index in [1.54, 1.807) is 6.92 Å². The van der Waals surface area contributed by atoms with E-state index < -0.39 is 11.9 Å². The van der Waals surface area contributed by atoms with E-state index in [0.717, 1.165) is 23.8 Å². The van der Waals surface area contributed by atoms with Gasteiger partial charge in [0.05, 0.1) is 6.04 Å². The first-order valence-corrected chi connectivity index (χ1v) is 5.78. The molecule has 0 unspecified atom stereocenters. The highest BCUT2D eigenvalue weighted by molar-refractivity contribution is 7.05. The van der Waals surface area contributed by atoms with Crippen LogP contribution in [0.4, 0.5) is 13.2 Å². The molecule has 0 aliphatic heterocycles. The maximum atomic E-state index is 12.5. The summed E-state index contributed by atoms with van der Waals surface area (Å²) in [5.74, 6) is 0.236. The summed E-state index contributed by atoms with van der Waals surface area (Å²) < 4.78 is 41.5. The predicted octanol–water partition coefficient (Wildman–Crippen LogP) is 3.06. The fourth-order valence-electron chi connectivity index (χ4n) is 1.26. The molecule has 9 heteroatoms. The zero-order valence-corrected chi connectivity index (χ0v) is 11.3. The van der Waals surface area contributed by atoms with Crippen molar-refractivity contribution in [1.29, 1.82) is 0 Å². The predicted molar refractivity (Wildman–Crippen MR) is 68.0 cm³/mol. The second kappa shape index (κ2) is 5.81. The molecule has 0 radical (unpaired) electrons. The minimum absolute atomic E-state index is 0. The summed E-state index contributed by atoms with van der Waals surface area (Å²) in [6.07, 6.45) is -3.39. The molecule has 0 amide bonds. The Kier molecular flexibility index (Phi) is 4.83. The van der Waals surface area contributed by atoms with Gasteiger partial charge in [0.1, 0.15) is 10.7 Å². The molecule has 104 valence electrons. The smallest absolute Gasteiger partial charge is 0.322 e. The molecule has 2 heterocycles. The number of aromatic nitrogens is 3. The third-order valence-electron chi connectivity index (χ3n) is 2.14. The maximum Gasteiger partial charge on any atom is 0.433 e. The summed E-state index contributed by atoms with van der Waals surface area (Å²) in [6, 6.07) is 2.06. The molecule has 0 aromatic carbocycles. The molecular weight excluding hydrogens is 301 g/mol. The average Bonchev–Trinajstić information content (AvgIpc) is 2.77. The van der Waals surface area contributed by atoms with Gasteiger partial charge in [-0.15, -0.1) is 12.4 Å². The van der Waals surface area contributed by atoms with Crippen LogP contribution in [0.1, 0.15) is 23.7 Å². The highest BCUT2D eigenvalue weighted by Crippen LogP contribution is 2.30. The van der Waals surface area contributed by atoms with Crippen LogP contribution in [-0.4, -0.2) is 14.3 Å². The Balaban J connectivity index is 0.00000180. The number of pyridine rings is 1. The van der Waals surface area contributed by atoms with Crippen molar-refractivity contribution in [3.8, 4) is 11.4 Å². The third-order valence-corrected chi connectivity index (χ3v) is 3.05. The topological polar surface area (TPSA) is 64.7 Å². The van der Waals surface area contributed by atoms with Gasteiger partial charge in [0, 0.05) is 11.8 Å². The lowest BCUT2D eigenvalue weighted by Crippen LogP contribution is -2.07. The number of nitrogens with two attached hydrogens (primary N) is 1. The summed E-state index contributed by atoms with van der Waals surface area (Å²) in [4.78, 5) is 7.37. The maximum absolute atomic E-state index is 12.5. The standard InChI is InChI=1S/C10H9F3N4S.ClH/c1-5(14)9-16-8(17-18-9)6-2-3-15-7(4-6)10(11,12)13;/h2-5H,14H2,1H3;1H/t5-;/m1./s1. The molecule has 0 aliphatic rings. The molecule has 0 aliphatic carbocycles. The molecule has 4 nitrogen and oxygen atoms in total. The van der Waals surface area contributed by atoms with Gasteiger partial charge in [-0.05, 0) is 30.6 Å². The molecule has 0 fully saturated rings. The average molecular weight is 311 g/mol. The lowest BCUT2D eigenvalue weighted by atomic mass is 10.2. The molecule has 2 aromatic heterocycles. The highest BCUT2D eigenvalue weighted by atomic mass is 35.5. The van der Waals surface area contributed by atoms with Crippen LogP contribution < -0.4 is 5.73 Å². The van der Waals surface area contributed by atoms with Crippen LogP contribution in [0.3, 0.4) is 0 Å². The van der Waals surface area contributed by atoms with E-state index in [2.05, 4.69) is 14.3 Å². The van der Waals surface area contributed by atoms with Crippen molar-refractivity contribution in [3.63, 3.8) is 0 Å². The van der Waals surface area contributed by atoms with Gasteiger partial charge >= 0.3 is 6.18 Å².